The van der Waals surface area contributed by atoms with Crippen molar-refractivity contribution in [3.05, 3.63) is 58.2 Å². The number of likely N-dealkylation sites (N-methyl/N-ethyl adjacent to an activating group) is 1. The normalized spacial score (nSPS) is 25.8. The zero-order valence-corrected chi connectivity index (χ0v) is 38.1. The van der Waals surface area contributed by atoms with Crippen molar-refractivity contribution in [1.82, 2.24) is 40.5 Å². The van der Waals surface area contributed by atoms with Crippen LogP contribution in [0.4, 0.5) is 0 Å². The van der Waals surface area contributed by atoms with Crippen LogP contribution in [0, 0.1) is 29.1 Å². The van der Waals surface area contributed by atoms with Gasteiger partial charge in [-0.15, -0.1) is 11.3 Å². The number of aldehydes is 1. The molecule has 8 rings (SSSR count). The van der Waals surface area contributed by atoms with Crippen LogP contribution >= 0.6 is 11.3 Å². The number of pyridine rings is 1. The number of hydrazine groups is 1. The highest BCUT2D eigenvalue weighted by molar-refractivity contribution is 7.10. The van der Waals surface area contributed by atoms with Crippen molar-refractivity contribution >= 4 is 46.2 Å². The summed E-state index contributed by atoms with van der Waals surface area (Å²) in [7, 11) is 3.40. The smallest absolute Gasteiger partial charge is 0.259 e. The van der Waals surface area contributed by atoms with Crippen molar-refractivity contribution < 1.29 is 28.7 Å². The summed E-state index contributed by atoms with van der Waals surface area (Å²) in [6.45, 7) is 15.5. The van der Waals surface area contributed by atoms with E-state index in [1.54, 1.807) is 19.1 Å². The highest BCUT2D eigenvalue weighted by Crippen LogP contribution is 2.50. The first-order valence-electron chi connectivity index (χ1n) is 22.2. The molecular formula is C47H62N8O6S. The number of piperidine rings is 1. The maximum Gasteiger partial charge on any atom is 0.259 e. The predicted octanol–water partition coefficient (Wildman–Crippen LogP) is 5.19. The fourth-order valence-corrected chi connectivity index (χ4v) is 11.1. The van der Waals surface area contributed by atoms with Crippen molar-refractivity contribution in [2.24, 2.45) is 29.1 Å². The van der Waals surface area contributed by atoms with E-state index in [0.29, 0.717) is 49.3 Å². The number of hydrogen-bond donors (Lipinski definition) is 3. The van der Waals surface area contributed by atoms with Gasteiger partial charge in [0.05, 0.1) is 41.4 Å². The number of aromatic nitrogens is 3. The summed E-state index contributed by atoms with van der Waals surface area (Å²) in [6.07, 6.45) is 4.26. The van der Waals surface area contributed by atoms with Crippen LogP contribution in [-0.4, -0.2) is 113 Å². The average molecular weight is 867 g/mol. The molecule has 1 aromatic carbocycles. The number of hydrogen-bond acceptors (Lipinski definition) is 11. The minimum atomic E-state index is -1.15. The largest absolute Gasteiger partial charge is 0.378 e. The third kappa shape index (κ3) is 8.34. The molecule has 3 amide bonds. The summed E-state index contributed by atoms with van der Waals surface area (Å²) in [5.74, 6) is -0.485. The van der Waals surface area contributed by atoms with Crippen LogP contribution in [0.15, 0.2) is 41.9 Å². The number of thiazole rings is 1. The van der Waals surface area contributed by atoms with Crippen LogP contribution in [0.25, 0.3) is 33.4 Å². The van der Waals surface area contributed by atoms with Crippen molar-refractivity contribution in [3.8, 4) is 22.5 Å². The molecule has 3 aliphatic heterocycles. The number of nitrogens with zero attached hydrogens (tertiary/aromatic N) is 5. The van der Waals surface area contributed by atoms with Crippen LogP contribution < -0.4 is 16.1 Å². The lowest BCUT2D eigenvalue weighted by molar-refractivity contribution is -0.148. The molecule has 3 fully saturated rings. The number of amides is 3. The number of aryl methyl sites for hydroxylation is 1. The highest BCUT2D eigenvalue weighted by atomic mass is 32.1. The van der Waals surface area contributed by atoms with E-state index >= 15 is 0 Å². The zero-order chi connectivity index (χ0) is 44.1. The maximum absolute atomic E-state index is 14.7. The van der Waals surface area contributed by atoms with Crippen molar-refractivity contribution in [2.45, 2.75) is 97.5 Å². The van der Waals surface area contributed by atoms with Crippen molar-refractivity contribution in [3.63, 3.8) is 0 Å². The summed E-state index contributed by atoms with van der Waals surface area (Å²) < 4.78 is 14.7. The minimum Gasteiger partial charge on any atom is -0.378 e. The summed E-state index contributed by atoms with van der Waals surface area (Å²) in [6, 6.07) is 8.75. The number of carbonyl (C=O) groups is 4. The third-order valence-electron chi connectivity index (χ3n) is 13.6. The molecule has 3 aromatic heterocycles. The van der Waals surface area contributed by atoms with E-state index in [1.807, 2.05) is 38.4 Å². The molecule has 4 aromatic rings. The van der Waals surface area contributed by atoms with Crippen LogP contribution in [0.2, 0.25) is 0 Å². The fraction of sp³-hybridized carbons (Fsp3) is 0.574. The highest BCUT2D eigenvalue weighted by Gasteiger charge is 2.58. The molecule has 332 valence electrons. The lowest BCUT2D eigenvalue weighted by Crippen LogP contribution is -2.66. The first-order chi connectivity index (χ1) is 29.7. The molecular weight excluding hydrogens is 805 g/mol. The number of ether oxygens (including phenoxy) is 2. The van der Waals surface area contributed by atoms with Gasteiger partial charge in [0.2, 0.25) is 11.8 Å². The van der Waals surface area contributed by atoms with Gasteiger partial charge >= 0.3 is 0 Å². The monoisotopic (exact) mass is 866 g/mol. The average Bonchev–Trinajstić information content (AvgIpc) is 3.60. The van der Waals surface area contributed by atoms with Gasteiger partial charge in [-0.3, -0.25) is 24.4 Å². The Morgan fingerprint density at radius 2 is 1.94 bits per heavy atom. The second-order valence-electron chi connectivity index (χ2n) is 19.0. The summed E-state index contributed by atoms with van der Waals surface area (Å²) >= 11 is 1.44. The summed E-state index contributed by atoms with van der Waals surface area (Å²) in [5, 5.41) is 11.7. The molecule has 15 heteroatoms. The third-order valence-corrected chi connectivity index (χ3v) is 14.4. The first-order valence-corrected chi connectivity index (χ1v) is 23.1. The maximum atomic E-state index is 14.7. The van der Waals surface area contributed by atoms with Crippen molar-refractivity contribution in [1.29, 1.82) is 0 Å². The number of benzene rings is 1. The number of methoxy groups -OCH3 is 1. The zero-order valence-electron chi connectivity index (χ0n) is 37.3. The van der Waals surface area contributed by atoms with E-state index in [2.05, 4.69) is 65.7 Å². The molecule has 4 aliphatic rings. The van der Waals surface area contributed by atoms with Gasteiger partial charge in [0.25, 0.3) is 5.91 Å². The van der Waals surface area contributed by atoms with Crippen LogP contribution in [0.1, 0.15) is 76.8 Å². The van der Waals surface area contributed by atoms with Gasteiger partial charge in [0.15, 0.2) is 0 Å². The quantitative estimate of drug-likeness (QED) is 0.181. The van der Waals surface area contributed by atoms with Gasteiger partial charge in [-0.05, 0) is 99.2 Å². The molecule has 14 nitrogen and oxygen atoms in total. The first kappa shape index (κ1) is 44.1. The molecule has 7 atom stereocenters. The van der Waals surface area contributed by atoms with E-state index in [1.165, 1.54) is 16.3 Å². The Morgan fingerprint density at radius 3 is 2.65 bits per heavy atom. The Balaban J connectivity index is 1.19. The standard InChI is InChI=1S/C47H62N8O6S/c1-9-54-37-14-13-29-18-31(37)32(42(54)30-12-10-16-49-40(30)28(4)60-8)20-46(5,6)25-61-26-47(24-56)15-11-17-55(52-47)44(58)35(19-38-50-36(29)23-62-38)51-43(57)41(27(2)3)53(7)45(59)39-33-21-48-22-34(33)39/h10,12-14,16,18,23-24,27-28,33-35,39,41,48,52H,9,11,15,17,19-22,25-26H2,1-8H3,(H,51,57)/t28-,33-,34+,35-,39?,41-,47-/m0/s1. The van der Waals surface area contributed by atoms with Crippen molar-refractivity contribution in [2.75, 3.05) is 47.0 Å². The molecule has 0 spiro atoms. The molecule has 1 aliphatic carbocycles. The van der Waals surface area contributed by atoms with Gasteiger partial charge < -0.3 is 34.4 Å². The van der Waals surface area contributed by atoms with Gasteiger partial charge in [-0.25, -0.2) is 10.4 Å². The van der Waals surface area contributed by atoms with Crippen LogP contribution in [0.3, 0.4) is 0 Å². The van der Waals surface area contributed by atoms with Gasteiger partial charge in [-0.1, -0.05) is 33.8 Å². The minimum absolute atomic E-state index is 0.0282. The number of rotatable bonds is 10. The lowest BCUT2D eigenvalue weighted by Gasteiger charge is -2.42. The SMILES string of the molecule is CCn1c(-c2cccnc2[C@H](C)OC)c2c3cc(ccc31)-c1csc(n1)C[C@H](NC(=O)[C@H](C(C)C)N(C)C(=O)C1[C@H]3CNC[C@@H]13)C(=O)N1CCC[C@](C=O)(COCC(C)(C)C2)N1. The topological polar surface area (TPSA) is 160 Å². The number of carbonyl (C=O) groups excluding carboxylic acids is 4. The number of fused-ring (bicyclic) bond motifs is 7. The van der Waals surface area contributed by atoms with Gasteiger partial charge in [0, 0.05) is 73.2 Å². The molecule has 1 unspecified atom stereocenters. The Labute approximate surface area is 368 Å². The fourth-order valence-electron chi connectivity index (χ4n) is 10.3. The van der Waals surface area contributed by atoms with E-state index in [9.17, 15) is 19.2 Å². The second-order valence-corrected chi connectivity index (χ2v) is 19.9. The lowest BCUT2D eigenvalue weighted by atomic mass is 9.84. The van der Waals surface area contributed by atoms with E-state index in [-0.39, 0.29) is 48.2 Å². The van der Waals surface area contributed by atoms with Crippen LogP contribution in [0.5, 0.6) is 0 Å². The molecule has 1 saturated carbocycles. The van der Waals surface area contributed by atoms with Gasteiger partial charge in [0.1, 0.15) is 23.9 Å². The molecule has 2 saturated heterocycles. The Kier molecular flexibility index (Phi) is 12.5. The second kappa shape index (κ2) is 17.6. The molecule has 6 heterocycles. The Morgan fingerprint density at radius 1 is 1.16 bits per heavy atom. The molecule has 0 radical (unpaired) electrons. The molecule has 62 heavy (non-hydrogen) atoms. The molecule has 6 bridgehead atoms. The summed E-state index contributed by atoms with van der Waals surface area (Å²) in [5.41, 5.74) is 8.64. The number of nitrogens with one attached hydrogen (secondary N) is 3. The van der Waals surface area contributed by atoms with E-state index in [0.717, 1.165) is 70.6 Å². The van der Waals surface area contributed by atoms with Crippen LogP contribution in [-0.2, 0) is 48.0 Å². The van der Waals surface area contributed by atoms with E-state index in [4.69, 9.17) is 19.4 Å². The summed E-state index contributed by atoms with van der Waals surface area (Å²) in [4.78, 5) is 67.3. The Bertz CT molecular complexity index is 2330. The van der Waals surface area contributed by atoms with Gasteiger partial charge in [-0.2, -0.15) is 0 Å². The predicted molar refractivity (Wildman–Crippen MR) is 239 cm³/mol. The van der Waals surface area contributed by atoms with E-state index < -0.39 is 23.5 Å². The molecule has 3 N–H and O–H groups in total. The Hall–Kier alpha value is -4.54.